The number of carbonyl (C=O) groups excluding carboxylic acids is 2. The molecule has 0 fully saturated rings. The molecule has 7 heteroatoms. The molecule has 0 spiro atoms. The zero-order chi connectivity index (χ0) is 13.0. The number of amides is 2. The van der Waals surface area contributed by atoms with Crippen LogP contribution in [0.1, 0.15) is 24.2 Å². The van der Waals surface area contributed by atoms with Gasteiger partial charge < -0.3 is 5.73 Å². The third kappa shape index (κ3) is 3.70. The van der Waals surface area contributed by atoms with E-state index in [0.717, 1.165) is 0 Å². The van der Waals surface area contributed by atoms with Crippen LogP contribution in [0.3, 0.4) is 0 Å². The third-order valence-electron chi connectivity index (χ3n) is 1.95. The molecule has 0 aliphatic carbocycles. The van der Waals surface area contributed by atoms with Crippen molar-refractivity contribution in [2.24, 2.45) is 5.92 Å². The van der Waals surface area contributed by atoms with E-state index in [1.165, 1.54) is 12.3 Å². The summed E-state index contributed by atoms with van der Waals surface area (Å²) in [5.74, 6) is -0.900. The summed E-state index contributed by atoms with van der Waals surface area (Å²) in [7, 11) is 0. The minimum atomic E-state index is -0.509. The summed E-state index contributed by atoms with van der Waals surface area (Å²) in [5.41, 5.74) is 10.3. The van der Waals surface area contributed by atoms with Crippen molar-refractivity contribution in [3.63, 3.8) is 0 Å². The van der Waals surface area contributed by atoms with Crippen LogP contribution in [-0.2, 0) is 4.79 Å². The first kappa shape index (κ1) is 13.4. The molecular weight excluding hydrogens is 288 g/mol. The fraction of sp³-hybridized carbons (Fsp3) is 0.300. The van der Waals surface area contributed by atoms with Crippen molar-refractivity contribution < 1.29 is 9.59 Å². The fourth-order valence-corrected chi connectivity index (χ4v) is 1.29. The van der Waals surface area contributed by atoms with E-state index in [4.69, 9.17) is 5.73 Å². The van der Waals surface area contributed by atoms with E-state index in [0.29, 0.717) is 4.47 Å². The molecule has 0 aliphatic heterocycles. The van der Waals surface area contributed by atoms with Crippen LogP contribution in [0.15, 0.2) is 16.7 Å². The second kappa shape index (κ2) is 5.62. The number of aromatic nitrogens is 1. The number of rotatable bonds is 2. The highest BCUT2D eigenvalue weighted by molar-refractivity contribution is 9.10. The van der Waals surface area contributed by atoms with Crippen LogP contribution in [0.4, 0.5) is 5.82 Å². The highest BCUT2D eigenvalue weighted by Crippen LogP contribution is 2.14. The molecule has 0 radical (unpaired) electrons. The molecule has 0 unspecified atom stereocenters. The summed E-state index contributed by atoms with van der Waals surface area (Å²) in [4.78, 5) is 26.7. The summed E-state index contributed by atoms with van der Waals surface area (Å²) >= 11 is 3.18. The average molecular weight is 301 g/mol. The Morgan fingerprint density at radius 3 is 2.65 bits per heavy atom. The van der Waals surface area contributed by atoms with Gasteiger partial charge in [0.25, 0.3) is 5.91 Å². The van der Waals surface area contributed by atoms with Gasteiger partial charge >= 0.3 is 0 Å². The molecule has 6 nitrogen and oxygen atoms in total. The highest BCUT2D eigenvalue weighted by Gasteiger charge is 2.13. The lowest BCUT2D eigenvalue weighted by atomic mass is 10.2. The van der Waals surface area contributed by atoms with Crippen LogP contribution >= 0.6 is 15.9 Å². The molecule has 0 atom stereocenters. The van der Waals surface area contributed by atoms with Crippen LogP contribution in [0, 0.1) is 5.92 Å². The second-order valence-electron chi connectivity index (χ2n) is 3.68. The average Bonchev–Trinajstić information content (AvgIpc) is 2.28. The summed E-state index contributed by atoms with van der Waals surface area (Å²) in [6, 6.07) is 1.53. The van der Waals surface area contributed by atoms with Gasteiger partial charge in [-0.1, -0.05) is 13.8 Å². The Balaban J connectivity index is 2.70. The Hall–Kier alpha value is -1.63. The van der Waals surface area contributed by atoms with Crippen LogP contribution in [0.5, 0.6) is 0 Å². The van der Waals surface area contributed by atoms with Gasteiger partial charge in [-0.2, -0.15) is 0 Å². The van der Waals surface area contributed by atoms with Gasteiger partial charge in [0.2, 0.25) is 5.91 Å². The number of halogens is 1. The first-order chi connectivity index (χ1) is 7.91. The van der Waals surface area contributed by atoms with Crippen molar-refractivity contribution in [2.75, 3.05) is 5.73 Å². The maximum Gasteiger partial charge on any atom is 0.273 e. The Kier molecular flexibility index (Phi) is 4.45. The standard InChI is InChI=1S/C10H13BrN4O2/c1-5(2)9(16)14-15-10(17)7-3-6(11)4-13-8(7)12/h3-5H,1-2H3,(H2,12,13)(H,14,16)(H,15,17). The highest BCUT2D eigenvalue weighted by atomic mass is 79.9. The molecule has 1 aromatic heterocycles. The smallest absolute Gasteiger partial charge is 0.273 e. The fourth-order valence-electron chi connectivity index (χ4n) is 0.962. The van der Waals surface area contributed by atoms with Gasteiger partial charge in [0.1, 0.15) is 5.82 Å². The normalized spacial score (nSPS) is 10.1. The van der Waals surface area contributed by atoms with E-state index in [1.54, 1.807) is 13.8 Å². The van der Waals surface area contributed by atoms with E-state index in [1.807, 2.05) is 0 Å². The third-order valence-corrected chi connectivity index (χ3v) is 2.39. The van der Waals surface area contributed by atoms with E-state index in [2.05, 4.69) is 31.8 Å². The van der Waals surface area contributed by atoms with Gasteiger partial charge in [-0.15, -0.1) is 0 Å². The van der Waals surface area contributed by atoms with Crippen LogP contribution in [-0.4, -0.2) is 16.8 Å². The SMILES string of the molecule is CC(C)C(=O)NNC(=O)c1cc(Br)cnc1N. The van der Waals surface area contributed by atoms with Crippen molar-refractivity contribution in [1.82, 2.24) is 15.8 Å². The van der Waals surface area contributed by atoms with Gasteiger partial charge in [0.15, 0.2) is 0 Å². The van der Waals surface area contributed by atoms with Gasteiger partial charge in [0.05, 0.1) is 5.56 Å². The Bertz CT molecular complexity index is 448. The van der Waals surface area contributed by atoms with Gasteiger partial charge in [0, 0.05) is 16.6 Å². The monoisotopic (exact) mass is 300 g/mol. The van der Waals surface area contributed by atoms with E-state index in [9.17, 15) is 9.59 Å². The van der Waals surface area contributed by atoms with Crippen molar-refractivity contribution in [1.29, 1.82) is 0 Å². The molecule has 0 saturated heterocycles. The Labute approximate surface area is 107 Å². The summed E-state index contributed by atoms with van der Waals surface area (Å²) in [6.45, 7) is 3.44. The number of nitrogen functional groups attached to an aromatic ring is 1. The van der Waals surface area contributed by atoms with E-state index < -0.39 is 5.91 Å². The molecule has 0 bridgehead atoms. The molecule has 17 heavy (non-hydrogen) atoms. The summed E-state index contributed by atoms with van der Waals surface area (Å²) < 4.78 is 0.632. The van der Waals surface area contributed by atoms with Crippen LogP contribution in [0.2, 0.25) is 0 Å². The number of pyridine rings is 1. The zero-order valence-corrected chi connectivity index (χ0v) is 11.0. The van der Waals surface area contributed by atoms with Crippen LogP contribution < -0.4 is 16.6 Å². The van der Waals surface area contributed by atoms with E-state index in [-0.39, 0.29) is 23.2 Å². The molecule has 1 rings (SSSR count). The molecular formula is C10H13BrN4O2. The van der Waals surface area contributed by atoms with Gasteiger partial charge in [-0.05, 0) is 22.0 Å². The number of hydrogen-bond donors (Lipinski definition) is 3. The number of hydrogen-bond acceptors (Lipinski definition) is 4. The lowest BCUT2D eigenvalue weighted by molar-refractivity contribution is -0.124. The number of hydrazine groups is 1. The van der Waals surface area contributed by atoms with Crippen molar-refractivity contribution in [2.45, 2.75) is 13.8 Å². The number of anilines is 1. The zero-order valence-electron chi connectivity index (χ0n) is 9.45. The molecule has 0 aliphatic rings. The maximum absolute atomic E-state index is 11.7. The molecule has 92 valence electrons. The van der Waals surface area contributed by atoms with Gasteiger partial charge in [-0.25, -0.2) is 4.98 Å². The van der Waals surface area contributed by atoms with Gasteiger partial charge in [-0.3, -0.25) is 20.4 Å². The predicted octanol–water partition coefficient (Wildman–Crippen LogP) is 0.843. The molecule has 0 aromatic carbocycles. The second-order valence-corrected chi connectivity index (χ2v) is 4.60. The maximum atomic E-state index is 11.7. The molecule has 1 heterocycles. The van der Waals surface area contributed by atoms with Crippen molar-refractivity contribution in [3.8, 4) is 0 Å². The Morgan fingerprint density at radius 2 is 2.06 bits per heavy atom. The Morgan fingerprint density at radius 1 is 1.41 bits per heavy atom. The first-order valence-electron chi connectivity index (χ1n) is 4.93. The molecule has 4 N–H and O–H groups in total. The first-order valence-corrected chi connectivity index (χ1v) is 5.72. The minimum Gasteiger partial charge on any atom is -0.383 e. The lowest BCUT2D eigenvalue weighted by Crippen LogP contribution is -2.43. The number of nitrogens with two attached hydrogens (primary N) is 1. The number of nitrogens with zero attached hydrogens (tertiary/aromatic N) is 1. The van der Waals surface area contributed by atoms with Crippen LogP contribution in [0.25, 0.3) is 0 Å². The number of nitrogens with one attached hydrogen (secondary N) is 2. The predicted molar refractivity (Wildman–Crippen MR) is 66.8 cm³/mol. The molecule has 1 aromatic rings. The van der Waals surface area contributed by atoms with Crippen molar-refractivity contribution >= 4 is 33.6 Å². The van der Waals surface area contributed by atoms with Crippen molar-refractivity contribution in [3.05, 3.63) is 22.3 Å². The number of carbonyl (C=O) groups is 2. The topological polar surface area (TPSA) is 97.1 Å². The lowest BCUT2D eigenvalue weighted by Gasteiger charge is -2.10. The quantitative estimate of drug-likeness (QED) is 0.705. The molecule has 0 saturated carbocycles. The van der Waals surface area contributed by atoms with E-state index >= 15 is 0 Å². The summed E-state index contributed by atoms with van der Waals surface area (Å²) in [5, 5.41) is 0. The molecule has 2 amide bonds. The minimum absolute atomic E-state index is 0.101. The summed E-state index contributed by atoms with van der Waals surface area (Å²) in [6.07, 6.45) is 1.48. The largest absolute Gasteiger partial charge is 0.383 e.